The molecule has 1 rings (SSSR count). The van der Waals surface area contributed by atoms with Gasteiger partial charge in [0.25, 0.3) is 0 Å². The van der Waals surface area contributed by atoms with Crippen LogP contribution in [0.4, 0.5) is 13.2 Å². The summed E-state index contributed by atoms with van der Waals surface area (Å²) in [6.07, 6.45) is -3.78. The van der Waals surface area contributed by atoms with Crippen LogP contribution in [0.3, 0.4) is 0 Å². The Kier molecular flexibility index (Phi) is 3.21. The summed E-state index contributed by atoms with van der Waals surface area (Å²) in [5.41, 5.74) is -0.904. The summed E-state index contributed by atoms with van der Waals surface area (Å²) in [6, 6.07) is 0.763. The Labute approximate surface area is 83.7 Å². The Morgan fingerprint density at radius 3 is 2.57 bits per heavy atom. The normalized spacial score (nSPS) is 11.5. The summed E-state index contributed by atoms with van der Waals surface area (Å²) in [7, 11) is 0. The maximum absolute atomic E-state index is 12.1. The van der Waals surface area contributed by atoms with Crippen molar-refractivity contribution in [3.05, 3.63) is 29.8 Å². The largest absolute Gasteiger partial charge is 0.477 e. The lowest BCUT2D eigenvalue weighted by atomic mass is 10.3. The van der Waals surface area contributed by atoms with E-state index < -0.39 is 11.7 Å². The van der Waals surface area contributed by atoms with Crippen molar-refractivity contribution in [3.8, 4) is 5.88 Å². The summed E-state index contributed by atoms with van der Waals surface area (Å²) >= 11 is 5.50. The molecule has 0 saturated carbocycles. The molecule has 0 unspecified atom stereocenters. The average molecular weight is 225 g/mol. The van der Waals surface area contributed by atoms with Crippen LogP contribution < -0.4 is 4.74 Å². The molecule has 77 valence electrons. The Morgan fingerprint density at radius 2 is 2.14 bits per heavy atom. The zero-order valence-electron chi connectivity index (χ0n) is 6.94. The van der Waals surface area contributed by atoms with E-state index in [1.54, 1.807) is 0 Å². The third-order valence-corrected chi connectivity index (χ3v) is 1.64. The number of ether oxygens (including phenoxy) is 1. The molecule has 0 N–H and O–H groups in total. The minimum absolute atomic E-state index is 0.0466. The molecule has 2 nitrogen and oxygen atoms in total. The number of halogens is 4. The first-order valence-electron chi connectivity index (χ1n) is 3.60. The van der Waals surface area contributed by atoms with Crippen molar-refractivity contribution in [1.29, 1.82) is 0 Å². The highest BCUT2D eigenvalue weighted by atomic mass is 35.5. The van der Waals surface area contributed by atoms with E-state index in [1.807, 2.05) is 0 Å². The first kappa shape index (κ1) is 11.1. The minimum Gasteiger partial charge on any atom is -0.477 e. The van der Waals surface area contributed by atoms with Crippen molar-refractivity contribution >= 4 is 11.6 Å². The van der Waals surface area contributed by atoms with Gasteiger partial charge in [0, 0.05) is 6.20 Å². The summed E-state index contributed by atoms with van der Waals surface area (Å²) in [6.45, 7) is 3.40. The van der Waals surface area contributed by atoms with Crippen LogP contribution in [0.25, 0.3) is 0 Å². The van der Waals surface area contributed by atoms with Crippen LogP contribution in [0.1, 0.15) is 5.56 Å². The van der Waals surface area contributed by atoms with Gasteiger partial charge in [0.05, 0.1) is 12.2 Å². The summed E-state index contributed by atoms with van der Waals surface area (Å²) in [5.74, 6) is -0.0466. The molecule has 0 aliphatic rings. The fraction of sp³-hybridized carbons (Fsp3) is 0.250. The first-order valence-corrected chi connectivity index (χ1v) is 3.97. The van der Waals surface area contributed by atoms with Gasteiger partial charge in [-0.3, -0.25) is 0 Å². The topological polar surface area (TPSA) is 22.1 Å². The fourth-order valence-electron chi connectivity index (χ4n) is 0.783. The summed E-state index contributed by atoms with van der Waals surface area (Å²) in [4.78, 5) is 3.42. The van der Waals surface area contributed by atoms with E-state index in [0.29, 0.717) is 6.20 Å². The molecule has 1 radical (unpaired) electrons. The van der Waals surface area contributed by atoms with Crippen LogP contribution in [-0.4, -0.2) is 11.6 Å². The van der Waals surface area contributed by atoms with E-state index in [1.165, 1.54) is 0 Å². The van der Waals surface area contributed by atoms with Crippen molar-refractivity contribution < 1.29 is 17.9 Å². The molecule has 1 heterocycles. The van der Waals surface area contributed by atoms with Crippen LogP contribution in [0.2, 0.25) is 5.02 Å². The Balaban J connectivity index is 3.01. The molecule has 6 heteroatoms. The van der Waals surface area contributed by atoms with E-state index in [0.717, 1.165) is 6.07 Å². The van der Waals surface area contributed by atoms with Crippen LogP contribution >= 0.6 is 11.6 Å². The number of hydrogen-bond acceptors (Lipinski definition) is 2. The van der Waals surface area contributed by atoms with Gasteiger partial charge in [-0.25, -0.2) is 4.98 Å². The predicted octanol–water partition coefficient (Wildman–Crippen LogP) is 2.97. The Bertz CT molecular complexity index is 327. The first-order chi connectivity index (χ1) is 6.45. The number of nitrogens with zero attached hydrogens (tertiary/aromatic N) is 1. The summed E-state index contributed by atoms with van der Waals surface area (Å²) in [5, 5.41) is -0.177. The third-order valence-electron chi connectivity index (χ3n) is 1.37. The number of hydrogen-bond donors (Lipinski definition) is 0. The summed E-state index contributed by atoms with van der Waals surface area (Å²) < 4.78 is 41.2. The van der Waals surface area contributed by atoms with Gasteiger partial charge < -0.3 is 4.74 Å². The Hall–Kier alpha value is -0.970. The van der Waals surface area contributed by atoms with Crippen LogP contribution in [0.15, 0.2) is 12.3 Å². The highest BCUT2D eigenvalue weighted by Crippen LogP contribution is 2.32. The number of alkyl halides is 3. The standard InChI is InChI=1S/C8H6ClF3NO/c1-2-14-7-6(9)3-5(4-13-7)8(10,11)12/h3-4H,1-2H2. The van der Waals surface area contributed by atoms with Gasteiger partial charge in [-0.15, -0.1) is 0 Å². The monoisotopic (exact) mass is 224 g/mol. The SMILES string of the molecule is [CH2]COc1ncc(C(F)(F)F)cc1Cl. The van der Waals surface area contributed by atoms with E-state index in [9.17, 15) is 13.2 Å². The lowest BCUT2D eigenvalue weighted by Crippen LogP contribution is -2.06. The number of aromatic nitrogens is 1. The van der Waals surface area contributed by atoms with Gasteiger partial charge in [0.1, 0.15) is 5.02 Å². The minimum atomic E-state index is -4.44. The zero-order chi connectivity index (χ0) is 10.8. The van der Waals surface area contributed by atoms with E-state index in [4.69, 9.17) is 16.3 Å². The third kappa shape index (κ3) is 2.51. The van der Waals surface area contributed by atoms with E-state index >= 15 is 0 Å². The van der Waals surface area contributed by atoms with E-state index in [2.05, 4.69) is 11.9 Å². The smallest absolute Gasteiger partial charge is 0.417 e. The second kappa shape index (κ2) is 4.04. The molecule has 0 spiro atoms. The van der Waals surface area contributed by atoms with Gasteiger partial charge in [0.15, 0.2) is 0 Å². The molecule has 0 aliphatic heterocycles. The highest BCUT2D eigenvalue weighted by Gasteiger charge is 2.31. The van der Waals surface area contributed by atoms with Crippen molar-refractivity contribution in [2.24, 2.45) is 0 Å². The van der Waals surface area contributed by atoms with Gasteiger partial charge in [0.2, 0.25) is 5.88 Å². The molecule has 0 fully saturated rings. The zero-order valence-corrected chi connectivity index (χ0v) is 7.69. The van der Waals surface area contributed by atoms with Gasteiger partial charge in [-0.2, -0.15) is 13.2 Å². The van der Waals surface area contributed by atoms with Crippen LogP contribution in [0, 0.1) is 6.92 Å². The second-order valence-electron chi connectivity index (χ2n) is 2.36. The van der Waals surface area contributed by atoms with Crippen molar-refractivity contribution in [1.82, 2.24) is 4.98 Å². The molecule has 0 atom stereocenters. The molecule has 0 aliphatic carbocycles. The molecule has 1 aromatic heterocycles. The maximum Gasteiger partial charge on any atom is 0.417 e. The van der Waals surface area contributed by atoms with Crippen molar-refractivity contribution in [2.45, 2.75) is 6.18 Å². The maximum atomic E-state index is 12.1. The fourth-order valence-corrected chi connectivity index (χ4v) is 1.00. The molecule has 1 aromatic rings. The predicted molar refractivity (Wildman–Crippen MR) is 45.1 cm³/mol. The molecule has 0 aromatic carbocycles. The lowest BCUT2D eigenvalue weighted by molar-refractivity contribution is -0.137. The van der Waals surface area contributed by atoms with Gasteiger partial charge >= 0.3 is 6.18 Å². The van der Waals surface area contributed by atoms with Gasteiger partial charge in [-0.05, 0) is 13.0 Å². The second-order valence-corrected chi connectivity index (χ2v) is 2.76. The Morgan fingerprint density at radius 1 is 1.50 bits per heavy atom. The molecule has 14 heavy (non-hydrogen) atoms. The average Bonchev–Trinajstić information content (AvgIpc) is 2.07. The molecule has 0 bridgehead atoms. The molecular formula is C8H6ClF3NO. The lowest BCUT2D eigenvalue weighted by Gasteiger charge is -2.08. The van der Waals surface area contributed by atoms with Crippen molar-refractivity contribution in [2.75, 3.05) is 6.61 Å². The molecule has 0 amide bonds. The van der Waals surface area contributed by atoms with Gasteiger partial charge in [-0.1, -0.05) is 11.6 Å². The number of pyridine rings is 1. The van der Waals surface area contributed by atoms with E-state index in [-0.39, 0.29) is 17.5 Å². The molecule has 0 saturated heterocycles. The van der Waals surface area contributed by atoms with Crippen LogP contribution in [0.5, 0.6) is 5.88 Å². The quantitative estimate of drug-likeness (QED) is 0.771. The van der Waals surface area contributed by atoms with Crippen LogP contribution in [-0.2, 0) is 6.18 Å². The molecular weight excluding hydrogens is 219 g/mol. The van der Waals surface area contributed by atoms with Crippen molar-refractivity contribution in [3.63, 3.8) is 0 Å². The highest BCUT2D eigenvalue weighted by molar-refractivity contribution is 6.31. The number of rotatable bonds is 2.